The number of hydrogen-bond acceptors (Lipinski definition) is 5. The van der Waals surface area contributed by atoms with Crippen LogP contribution in [0.3, 0.4) is 0 Å². The zero-order valence-electron chi connectivity index (χ0n) is 15.0. The molecule has 0 bridgehead atoms. The molecule has 1 amide bonds. The number of aromatic nitrogens is 2. The first-order chi connectivity index (χ1) is 13.6. The lowest BCUT2D eigenvalue weighted by Crippen LogP contribution is -2.13. The molecule has 0 radical (unpaired) electrons. The molecule has 7 heteroatoms. The Balaban J connectivity index is 1.53. The normalized spacial score (nSPS) is 10.8. The highest BCUT2D eigenvalue weighted by molar-refractivity contribution is 7.15. The van der Waals surface area contributed by atoms with Gasteiger partial charge in [-0.1, -0.05) is 53.7 Å². The molecule has 140 valence electrons. The topological polar surface area (TPSA) is 68.0 Å². The number of thiazole rings is 1. The maximum absolute atomic E-state index is 13.8. The van der Waals surface area contributed by atoms with Crippen LogP contribution in [0.2, 0.25) is 0 Å². The third-order valence-electron chi connectivity index (χ3n) is 4.23. The first-order valence-electron chi connectivity index (χ1n) is 8.63. The van der Waals surface area contributed by atoms with Crippen LogP contribution < -0.4 is 5.32 Å². The summed E-state index contributed by atoms with van der Waals surface area (Å²) in [6, 6.07) is 16.0. The number of carbonyl (C=O) groups is 1. The summed E-state index contributed by atoms with van der Waals surface area (Å²) in [6.07, 6.45) is 2.06. The Morgan fingerprint density at radius 2 is 1.89 bits per heavy atom. The molecule has 0 fully saturated rings. The predicted molar refractivity (Wildman–Crippen MR) is 106 cm³/mol. The van der Waals surface area contributed by atoms with Crippen molar-refractivity contribution in [2.45, 2.75) is 13.3 Å². The summed E-state index contributed by atoms with van der Waals surface area (Å²) in [4.78, 5) is 17.9. The van der Waals surface area contributed by atoms with Gasteiger partial charge in [0.1, 0.15) is 22.8 Å². The minimum absolute atomic E-state index is 0.255. The molecule has 0 saturated carbocycles. The van der Waals surface area contributed by atoms with E-state index in [0.29, 0.717) is 34.1 Å². The molecule has 0 aliphatic heterocycles. The zero-order chi connectivity index (χ0) is 19.5. The van der Waals surface area contributed by atoms with Crippen LogP contribution in [0.15, 0.2) is 65.3 Å². The van der Waals surface area contributed by atoms with Gasteiger partial charge in [-0.3, -0.25) is 10.1 Å². The maximum atomic E-state index is 13.8. The number of aryl methyl sites for hydroxylation is 1. The third kappa shape index (κ3) is 3.70. The minimum Gasteiger partial charge on any atom is -0.360 e. The average Bonchev–Trinajstić information content (AvgIpc) is 3.30. The molecule has 0 saturated heterocycles. The first kappa shape index (κ1) is 18.1. The van der Waals surface area contributed by atoms with Crippen LogP contribution in [-0.4, -0.2) is 16.0 Å². The number of rotatable bonds is 5. The highest BCUT2D eigenvalue weighted by Crippen LogP contribution is 2.27. The van der Waals surface area contributed by atoms with Crippen LogP contribution in [0.4, 0.5) is 9.52 Å². The molecular weight excluding hydrogens is 377 g/mol. The van der Waals surface area contributed by atoms with Gasteiger partial charge in [0.2, 0.25) is 0 Å². The van der Waals surface area contributed by atoms with Crippen molar-refractivity contribution in [2.75, 3.05) is 5.32 Å². The molecule has 1 N–H and O–H groups in total. The summed E-state index contributed by atoms with van der Waals surface area (Å²) >= 11 is 1.31. The van der Waals surface area contributed by atoms with Crippen molar-refractivity contribution < 1.29 is 13.7 Å². The van der Waals surface area contributed by atoms with Crippen LogP contribution in [0.25, 0.3) is 11.3 Å². The Bertz CT molecular complexity index is 1120. The van der Waals surface area contributed by atoms with E-state index in [-0.39, 0.29) is 11.7 Å². The summed E-state index contributed by atoms with van der Waals surface area (Å²) < 4.78 is 19.1. The first-order valence-corrected chi connectivity index (χ1v) is 9.44. The Kier molecular flexibility index (Phi) is 4.99. The van der Waals surface area contributed by atoms with Crippen molar-refractivity contribution in [1.29, 1.82) is 0 Å². The van der Waals surface area contributed by atoms with Crippen molar-refractivity contribution in [2.24, 2.45) is 0 Å². The van der Waals surface area contributed by atoms with Crippen LogP contribution in [0, 0.1) is 12.7 Å². The molecule has 28 heavy (non-hydrogen) atoms. The highest BCUT2D eigenvalue weighted by atomic mass is 32.1. The molecule has 4 rings (SSSR count). The number of halogens is 1. The van der Waals surface area contributed by atoms with E-state index in [0.717, 1.165) is 10.4 Å². The van der Waals surface area contributed by atoms with Gasteiger partial charge in [0.05, 0.1) is 0 Å². The quantitative estimate of drug-likeness (QED) is 0.513. The van der Waals surface area contributed by atoms with E-state index >= 15 is 0 Å². The molecule has 0 unspecified atom stereocenters. The number of carbonyl (C=O) groups excluding carboxylic acids is 1. The number of nitrogens with one attached hydrogen (secondary N) is 1. The second kappa shape index (κ2) is 7.74. The van der Waals surface area contributed by atoms with Crippen LogP contribution in [0.1, 0.15) is 26.6 Å². The van der Waals surface area contributed by atoms with Gasteiger partial charge in [0, 0.05) is 23.1 Å². The van der Waals surface area contributed by atoms with Crippen molar-refractivity contribution >= 4 is 22.4 Å². The standard InChI is InChI=1S/C21H16FN3O2S/c1-13-18(19(25-27-13)14-7-3-2-4-8-14)20(26)24-21-23-12-16(28-21)11-15-9-5-6-10-17(15)22/h2-10,12H,11H2,1H3,(H,23,24,26). The summed E-state index contributed by atoms with van der Waals surface area (Å²) in [5.41, 5.74) is 2.24. The lowest BCUT2D eigenvalue weighted by Gasteiger charge is -2.03. The second-order valence-corrected chi connectivity index (χ2v) is 7.30. The van der Waals surface area contributed by atoms with Gasteiger partial charge in [0.15, 0.2) is 5.13 Å². The lowest BCUT2D eigenvalue weighted by atomic mass is 10.1. The van der Waals surface area contributed by atoms with Gasteiger partial charge in [-0.15, -0.1) is 11.3 Å². The van der Waals surface area contributed by atoms with Gasteiger partial charge in [0.25, 0.3) is 5.91 Å². The summed E-state index contributed by atoms with van der Waals surface area (Å²) in [6.45, 7) is 1.69. The molecule has 2 aromatic heterocycles. The molecule has 0 aliphatic carbocycles. The van der Waals surface area contributed by atoms with E-state index in [1.165, 1.54) is 17.4 Å². The third-order valence-corrected chi connectivity index (χ3v) is 5.15. The maximum Gasteiger partial charge on any atom is 0.263 e. The molecular formula is C21H16FN3O2S. The van der Waals surface area contributed by atoms with Crippen molar-refractivity contribution in [3.8, 4) is 11.3 Å². The van der Waals surface area contributed by atoms with Gasteiger partial charge in [-0.05, 0) is 18.6 Å². The number of anilines is 1. The summed E-state index contributed by atoms with van der Waals surface area (Å²) in [7, 11) is 0. The van der Waals surface area contributed by atoms with Gasteiger partial charge < -0.3 is 4.52 Å². The Labute approximate surface area is 164 Å². The number of hydrogen-bond donors (Lipinski definition) is 1. The van der Waals surface area contributed by atoms with Crippen molar-refractivity contribution in [3.63, 3.8) is 0 Å². The fourth-order valence-corrected chi connectivity index (χ4v) is 3.70. The molecule has 5 nitrogen and oxygen atoms in total. The number of nitrogens with zero attached hydrogens (tertiary/aromatic N) is 2. The zero-order valence-corrected chi connectivity index (χ0v) is 15.8. The SMILES string of the molecule is Cc1onc(-c2ccccc2)c1C(=O)Nc1ncc(Cc2ccccc2F)s1. The molecule has 4 aromatic rings. The van der Waals surface area contributed by atoms with Crippen LogP contribution in [0.5, 0.6) is 0 Å². The molecule has 0 spiro atoms. The van der Waals surface area contributed by atoms with E-state index in [1.54, 1.807) is 31.3 Å². The Hall–Kier alpha value is -3.32. The van der Waals surface area contributed by atoms with E-state index < -0.39 is 0 Å². The summed E-state index contributed by atoms with van der Waals surface area (Å²) in [5.74, 6) is -0.169. The minimum atomic E-state index is -0.343. The Morgan fingerprint density at radius 1 is 1.14 bits per heavy atom. The van der Waals surface area contributed by atoms with Crippen molar-refractivity contribution in [3.05, 3.63) is 88.4 Å². The van der Waals surface area contributed by atoms with Crippen LogP contribution >= 0.6 is 11.3 Å². The van der Waals surface area contributed by atoms with E-state index in [4.69, 9.17) is 4.52 Å². The predicted octanol–water partition coefficient (Wildman–Crippen LogP) is 5.09. The number of benzene rings is 2. The molecule has 0 atom stereocenters. The van der Waals surface area contributed by atoms with Crippen molar-refractivity contribution in [1.82, 2.24) is 10.1 Å². The van der Waals surface area contributed by atoms with E-state index in [9.17, 15) is 9.18 Å². The van der Waals surface area contributed by atoms with E-state index in [2.05, 4.69) is 15.5 Å². The number of amides is 1. The fraction of sp³-hybridized carbons (Fsp3) is 0.0952. The largest absolute Gasteiger partial charge is 0.360 e. The Morgan fingerprint density at radius 3 is 2.68 bits per heavy atom. The molecule has 2 aromatic carbocycles. The van der Waals surface area contributed by atoms with Crippen LogP contribution in [-0.2, 0) is 6.42 Å². The van der Waals surface area contributed by atoms with E-state index in [1.807, 2.05) is 30.3 Å². The average molecular weight is 393 g/mol. The molecule has 0 aliphatic rings. The molecule has 2 heterocycles. The smallest absolute Gasteiger partial charge is 0.263 e. The second-order valence-electron chi connectivity index (χ2n) is 6.18. The van der Waals surface area contributed by atoms with Gasteiger partial charge >= 0.3 is 0 Å². The summed E-state index contributed by atoms with van der Waals surface area (Å²) in [5, 5.41) is 7.26. The van der Waals surface area contributed by atoms with Gasteiger partial charge in [-0.25, -0.2) is 9.37 Å². The van der Waals surface area contributed by atoms with Gasteiger partial charge in [-0.2, -0.15) is 0 Å². The monoisotopic (exact) mass is 393 g/mol. The fourth-order valence-electron chi connectivity index (χ4n) is 2.87. The lowest BCUT2D eigenvalue weighted by molar-refractivity contribution is 0.102. The highest BCUT2D eigenvalue weighted by Gasteiger charge is 2.22.